The molecule has 0 amide bonds. The molecule has 0 fully saturated rings. The molecule has 0 spiro atoms. The van der Waals surface area contributed by atoms with Crippen molar-refractivity contribution in [1.82, 2.24) is 0 Å². The Kier molecular flexibility index (Phi) is 5.40. The van der Waals surface area contributed by atoms with Gasteiger partial charge in [-0.05, 0) is 54.6 Å². The second-order valence-electron chi connectivity index (χ2n) is 3.14. The maximum absolute atomic E-state index is 11.5. The average Bonchev–Trinajstić information content (AvgIpc) is 2.29. The molecule has 0 aliphatic carbocycles. The smallest absolute Gasteiger partial charge is 0.339 e. The van der Waals surface area contributed by atoms with Gasteiger partial charge in [0.2, 0.25) is 0 Å². The molecular weight excluding hydrogens is 335 g/mol. The fraction of sp³-hybridized carbons (Fsp3) is 0.333. The highest BCUT2D eigenvalue weighted by molar-refractivity contribution is 14.1. The summed E-state index contributed by atoms with van der Waals surface area (Å²) in [5.74, 6) is -0.770. The summed E-state index contributed by atoms with van der Waals surface area (Å²) in [5.41, 5.74) is 0.893. The van der Waals surface area contributed by atoms with E-state index in [1.807, 2.05) is 22.6 Å². The monoisotopic (exact) mass is 348 g/mol. The number of esters is 2. The first kappa shape index (κ1) is 14.0. The van der Waals surface area contributed by atoms with Gasteiger partial charge in [0, 0.05) is 3.57 Å². The van der Waals surface area contributed by atoms with E-state index in [9.17, 15) is 9.59 Å². The lowest BCUT2D eigenvalue weighted by molar-refractivity contribution is 0.0510. The topological polar surface area (TPSA) is 52.6 Å². The molecule has 5 heteroatoms. The van der Waals surface area contributed by atoms with Crippen LogP contribution in [0, 0.1) is 3.57 Å². The molecule has 92 valence electrons. The number of hydrogen-bond donors (Lipinski definition) is 0. The maximum Gasteiger partial charge on any atom is 0.339 e. The summed E-state index contributed by atoms with van der Waals surface area (Å²) in [4.78, 5) is 23.0. The summed E-state index contributed by atoms with van der Waals surface area (Å²) in [7, 11) is 0. The number of carbonyl (C=O) groups excluding carboxylic acids is 2. The molecule has 0 radical (unpaired) electrons. The van der Waals surface area contributed by atoms with Gasteiger partial charge in [0.1, 0.15) is 0 Å². The van der Waals surface area contributed by atoms with Crippen molar-refractivity contribution in [1.29, 1.82) is 0 Å². The molecule has 0 atom stereocenters. The lowest BCUT2D eigenvalue weighted by Gasteiger charge is -2.06. The van der Waals surface area contributed by atoms with Crippen LogP contribution in [0.2, 0.25) is 0 Å². The van der Waals surface area contributed by atoms with Crippen LogP contribution in [0.3, 0.4) is 0 Å². The zero-order valence-electron chi connectivity index (χ0n) is 9.66. The van der Waals surface area contributed by atoms with Crippen LogP contribution in [-0.4, -0.2) is 25.2 Å². The van der Waals surface area contributed by atoms with Crippen LogP contribution in [0.4, 0.5) is 0 Å². The van der Waals surface area contributed by atoms with Crippen molar-refractivity contribution in [3.8, 4) is 0 Å². The summed E-state index contributed by atoms with van der Waals surface area (Å²) in [5, 5.41) is 0. The predicted octanol–water partition coefficient (Wildman–Crippen LogP) is 2.64. The summed E-state index contributed by atoms with van der Waals surface area (Å²) in [6.07, 6.45) is 0. The molecule has 1 aromatic rings. The molecular formula is C12H13IO4. The van der Waals surface area contributed by atoms with Crippen LogP contribution >= 0.6 is 22.6 Å². The van der Waals surface area contributed by atoms with Crippen LogP contribution in [0.5, 0.6) is 0 Å². The SMILES string of the molecule is CCOC(=O)c1ccc(C(=O)OCC)c(I)c1. The Hall–Kier alpha value is -1.11. The van der Waals surface area contributed by atoms with Gasteiger partial charge in [-0.1, -0.05) is 0 Å². The van der Waals surface area contributed by atoms with Crippen molar-refractivity contribution in [3.63, 3.8) is 0 Å². The van der Waals surface area contributed by atoms with Gasteiger partial charge in [-0.15, -0.1) is 0 Å². The van der Waals surface area contributed by atoms with Crippen LogP contribution in [0.1, 0.15) is 34.6 Å². The minimum Gasteiger partial charge on any atom is -0.462 e. The summed E-state index contributed by atoms with van der Waals surface area (Å²) in [6, 6.07) is 4.75. The highest BCUT2D eigenvalue weighted by Crippen LogP contribution is 2.16. The Morgan fingerprint density at radius 3 is 2.24 bits per heavy atom. The van der Waals surface area contributed by atoms with E-state index in [0.29, 0.717) is 27.9 Å². The maximum atomic E-state index is 11.5. The zero-order valence-corrected chi connectivity index (χ0v) is 11.8. The van der Waals surface area contributed by atoms with Gasteiger partial charge in [-0.25, -0.2) is 9.59 Å². The Balaban J connectivity index is 2.93. The van der Waals surface area contributed by atoms with Gasteiger partial charge in [0.15, 0.2) is 0 Å². The second-order valence-corrected chi connectivity index (χ2v) is 4.30. The van der Waals surface area contributed by atoms with E-state index in [0.717, 1.165) is 0 Å². The van der Waals surface area contributed by atoms with Crippen LogP contribution in [0.15, 0.2) is 18.2 Å². The Bertz CT molecular complexity index is 429. The quantitative estimate of drug-likeness (QED) is 0.620. The molecule has 0 aliphatic heterocycles. The van der Waals surface area contributed by atoms with E-state index in [-0.39, 0.29) is 11.9 Å². The molecule has 0 saturated carbocycles. The van der Waals surface area contributed by atoms with Gasteiger partial charge in [-0.3, -0.25) is 0 Å². The first-order valence-electron chi connectivity index (χ1n) is 5.24. The van der Waals surface area contributed by atoms with Crippen molar-refractivity contribution in [3.05, 3.63) is 32.9 Å². The molecule has 4 nitrogen and oxygen atoms in total. The summed E-state index contributed by atoms with van der Waals surface area (Å²) >= 11 is 1.99. The van der Waals surface area contributed by atoms with Crippen molar-refractivity contribution < 1.29 is 19.1 Å². The van der Waals surface area contributed by atoms with Crippen LogP contribution < -0.4 is 0 Å². The molecule has 0 aliphatic rings. The van der Waals surface area contributed by atoms with Crippen LogP contribution in [-0.2, 0) is 9.47 Å². The minimum atomic E-state index is -0.388. The van der Waals surface area contributed by atoms with E-state index in [2.05, 4.69) is 0 Å². The van der Waals surface area contributed by atoms with E-state index in [1.165, 1.54) is 0 Å². The van der Waals surface area contributed by atoms with Crippen molar-refractivity contribution >= 4 is 34.5 Å². The molecule has 0 aromatic heterocycles. The third kappa shape index (κ3) is 3.69. The lowest BCUT2D eigenvalue weighted by Crippen LogP contribution is -2.09. The van der Waals surface area contributed by atoms with E-state index < -0.39 is 0 Å². The molecule has 1 aromatic carbocycles. The standard InChI is InChI=1S/C12H13IO4/c1-3-16-11(14)8-5-6-9(10(13)7-8)12(15)17-4-2/h5-7H,3-4H2,1-2H3. The predicted molar refractivity (Wildman–Crippen MR) is 71.1 cm³/mol. The van der Waals surface area contributed by atoms with Gasteiger partial charge in [0.25, 0.3) is 0 Å². The number of halogens is 1. The van der Waals surface area contributed by atoms with E-state index in [1.54, 1.807) is 32.0 Å². The lowest BCUT2D eigenvalue weighted by atomic mass is 10.1. The Morgan fingerprint density at radius 2 is 1.71 bits per heavy atom. The number of rotatable bonds is 4. The van der Waals surface area contributed by atoms with Gasteiger partial charge in [-0.2, -0.15) is 0 Å². The second kappa shape index (κ2) is 6.58. The molecule has 0 unspecified atom stereocenters. The van der Waals surface area contributed by atoms with Crippen LogP contribution in [0.25, 0.3) is 0 Å². The van der Waals surface area contributed by atoms with E-state index >= 15 is 0 Å². The molecule has 0 bridgehead atoms. The summed E-state index contributed by atoms with van der Waals surface area (Å²) in [6.45, 7) is 4.15. The van der Waals surface area contributed by atoms with Gasteiger partial charge >= 0.3 is 11.9 Å². The Labute approximate surface area is 113 Å². The first-order valence-corrected chi connectivity index (χ1v) is 6.31. The average molecular weight is 348 g/mol. The van der Waals surface area contributed by atoms with Gasteiger partial charge < -0.3 is 9.47 Å². The molecule has 0 N–H and O–H groups in total. The fourth-order valence-electron chi connectivity index (χ4n) is 1.23. The highest BCUT2D eigenvalue weighted by atomic mass is 127. The number of hydrogen-bond acceptors (Lipinski definition) is 4. The zero-order chi connectivity index (χ0) is 12.8. The third-order valence-electron chi connectivity index (χ3n) is 1.98. The van der Waals surface area contributed by atoms with E-state index in [4.69, 9.17) is 9.47 Å². The van der Waals surface area contributed by atoms with Crippen molar-refractivity contribution in [2.45, 2.75) is 13.8 Å². The molecule has 0 heterocycles. The number of ether oxygens (including phenoxy) is 2. The fourth-order valence-corrected chi connectivity index (χ4v) is 1.97. The number of carbonyl (C=O) groups is 2. The first-order chi connectivity index (χ1) is 8.10. The minimum absolute atomic E-state index is 0.328. The number of benzene rings is 1. The van der Waals surface area contributed by atoms with Crippen molar-refractivity contribution in [2.24, 2.45) is 0 Å². The van der Waals surface area contributed by atoms with Gasteiger partial charge in [0.05, 0.1) is 24.3 Å². The Morgan fingerprint density at radius 1 is 1.12 bits per heavy atom. The normalized spacial score (nSPS) is 9.82. The highest BCUT2D eigenvalue weighted by Gasteiger charge is 2.14. The third-order valence-corrected chi connectivity index (χ3v) is 2.87. The molecule has 1 rings (SSSR count). The molecule has 0 saturated heterocycles. The summed E-state index contributed by atoms with van der Waals surface area (Å²) < 4.78 is 10.4. The molecule has 17 heavy (non-hydrogen) atoms. The largest absolute Gasteiger partial charge is 0.462 e. The van der Waals surface area contributed by atoms with Crippen molar-refractivity contribution in [2.75, 3.05) is 13.2 Å².